The molecule has 0 spiro atoms. The van der Waals surface area contributed by atoms with Crippen molar-refractivity contribution in [3.8, 4) is 0 Å². The monoisotopic (exact) mass is 276 g/mol. The lowest BCUT2D eigenvalue weighted by molar-refractivity contribution is -0.126. The molecular formula is C16H24N2O2. The second kappa shape index (κ2) is 9.13. The highest BCUT2D eigenvalue weighted by Gasteiger charge is 2.06. The molecule has 0 saturated heterocycles. The Balaban J connectivity index is 2.07. The van der Waals surface area contributed by atoms with Crippen LogP contribution in [-0.2, 0) is 16.0 Å². The minimum absolute atomic E-state index is 0.0664. The standard InChI is InChI=1S/C16H24N2O2/c1-13(2)11-15(19)18-12-16(20)17-10-6-9-14-7-4-3-5-8-14/h3-5,7-8,13H,6,9-12H2,1-2H3,(H,17,20)(H,18,19). The predicted molar refractivity (Wildman–Crippen MR) is 80.2 cm³/mol. The van der Waals surface area contributed by atoms with Crippen LogP contribution in [0.5, 0.6) is 0 Å². The molecule has 4 nitrogen and oxygen atoms in total. The molecule has 0 saturated carbocycles. The van der Waals surface area contributed by atoms with E-state index in [4.69, 9.17) is 0 Å². The zero-order valence-corrected chi connectivity index (χ0v) is 12.3. The van der Waals surface area contributed by atoms with Crippen LogP contribution in [0.15, 0.2) is 30.3 Å². The summed E-state index contributed by atoms with van der Waals surface area (Å²) in [5.41, 5.74) is 1.27. The van der Waals surface area contributed by atoms with Crippen molar-refractivity contribution < 1.29 is 9.59 Å². The second-order valence-corrected chi connectivity index (χ2v) is 5.31. The SMILES string of the molecule is CC(C)CC(=O)NCC(=O)NCCCc1ccccc1. The molecule has 110 valence electrons. The molecule has 0 bridgehead atoms. The minimum atomic E-state index is -0.129. The van der Waals surface area contributed by atoms with Gasteiger partial charge in [-0.1, -0.05) is 44.2 Å². The van der Waals surface area contributed by atoms with E-state index >= 15 is 0 Å². The van der Waals surface area contributed by atoms with Gasteiger partial charge in [-0.05, 0) is 24.3 Å². The Morgan fingerprint density at radius 1 is 1.05 bits per heavy atom. The molecular weight excluding hydrogens is 252 g/mol. The minimum Gasteiger partial charge on any atom is -0.355 e. The summed E-state index contributed by atoms with van der Waals surface area (Å²) in [5, 5.41) is 5.43. The summed E-state index contributed by atoms with van der Waals surface area (Å²) in [5.74, 6) is 0.110. The van der Waals surface area contributed by atoms with E-state index in [0.29, 0.717) is 18.9 Å². The van der Waals surface area contributed by atoms with Crippen molar-refractivity contribution in [2.45, 2.75) is 33.1 Å². The average molecular weight is 276 g/mol. The van der Waals surface area contributed by atoms with Gasteiger partial charge in [-0.3, -0.25) is 9.59 Å². The summed E-state index contributed by atoms with van der Waals surface area (Å²) in [6.45, 7) is 4.65. The van der Waals surface area contributed by atoms with E-state index < -0.39 is 0 Å². The van der Waals surface area contributed by atoms with Crippen LogP contribution in [0.1, 0.15) is 32.3 Å². The Morgan fingerprint density at radius 2 is 1.75 bits per heavy atom. The van der Waals surface area contributed by atoms with Crippen LogP contribution in [0.3, 0.4) is 0 Å². The van der Waals surface area contributed by atoms with Gasteiger partial charge >= 0.3 is 0 Å². The molecule has 2 amide bonds. The van der Waals surface area contributed by atoms with Crippen molar-refractivity contribution in [2.75, 3.05) is 13.1 Å². The summed E-state index contributed by atoms with van der Waals surface area (Å²) >= 11 is 0. The van der Waals surface area contributed by atoms with Crippen LogP contribution < -0.4 is 10.6 Å². The molecule has 0 heterocycles. The number of carbonyl (C=O) groups is 2. The van der Waals surface area contributed by atoms with Gasteiger partial charge in [-0.25, -0.2) is 0 Å². The van der Waals surface area contributed by atoms with Crippen molar-refractivity contribution in [3.05, 3.63) is 35.9 Å². The third-order valence-corrected chi connectivity index (χ3v) is 2.85. The van der Waals surface area contributed by atoms with Crippen LogP contribution in [0.2, 0.25) is 0 Å². The summed E-state index contributed by atoms with van der Waals surface area (Å²) in [7, 11) is 0. The van der Waals surface area contributed by atoms with Crippen LogP contribution in [-0.4, -0.2) is 24.9 Å². The normalized spacial score (nSPS) is 10.3. The summed E-state index contributed by atoms with van der Waals surface area (Å²) in [4.78, 5) is 22.9. The first-order valence-corrected chi connectivity index (χ1v) is 7.15. The van der Waals surface area contributed by atoms with Crippen LogP contribution >= 0.6 is 0 Å². The number of amides is 2. The largest absolute Gasteiger partial charge is 0.355 e. The summed E-state index contributed by atoms with van der Waals surface area (Å²) < 4.78 is 0. The van der Waals surface area contributed by atoms with Gasteiger partial charge in [-0.15, -0.1) is 0 Å². The van der Waals surface area contributed by atoms with Gasteiger partial charge < -0.3 is 10.6 Å². The Kier molecular flexibility index (Phi) is 7.40. The van der Waals surface area contributed by atoms with E-state index in [2.05, 4.69) is 22.8 Å². The highest BCUT2D eigenvalue weighted by molar-refractivity contribution is 5.84. The number of hydrogen-bond acceptors (Lipinski definition) is 2. The Bertz CT molecular complexity index is 416. The molecule has 0 aromatic heterocycles. The van der Waals surface area contributed by atoms with Gasteiger partial charge in [0.2, 0.25) is 11.8 Å². The van der Waals surface area contributed by atoms with Crippen molar-refractivity contribution in [1.29, 1.82) is 0 Å². The lowest BCUT2D eigenvalue weighted by Gasteiger charge is -2.08. The predicted octanol–water partition coefficient (Wildman–Crippen LogP) is 1.90. The molecule has 4 heteroatoms. The summed E-state index contributed by atoms with van der Waals surface area (Å²) in [6.07, 6.45) is 2.30. The maximum atomic E-state index is 11.5. The molecule has 1 aromatic carbocycles. The summed E-state index contributed by atoms with van der Waals surface area (Å²) in [6, 6.07) is 10.2. The first kappa shape index (κ1) is 16.2. The average Bonchev–Trinajstić information content (AvgIpc) is 2.42. The molecule has 0 aliphatic heterocycles. The fourth-order valence-electron chi connectivity index (χ4n) is 1.85. The molecule has 0 unspecified atom stereocenters. The molecule has 1 rings (SSSR count). The first-order valence-electron chi connectivity index (χ1n) is 7.15. The number of aryl methyl sites for hydroxylation is 1. The molecule has 0 atom stereocenters. The molecule has 0 fully saturated rings. The number of nitrogens with one attached hydrogen (secondary N) is 2. The van der Waals surface area contributed by atoms with Crippen LogP contribution in [0.4, 0.5) is 0 Å². The highest BCUT2D eigenvalue weighted by atomic mass is 16.2. The zero-order valence-electron chi connectivity index (χ0n) is 12.3. The lowest BCUT2D eigenvalue weighted by Crippen LogP contribution is -2.37. The first-order chi connectivity index (χ1) is 9.58. The third-order valence-electron chi connectivity index (χ3n) is 2.85. The van der Waals surface area contributed by atoms with Gasteiger partial charge in [0, 0.05) is 13.0 Å². The van der Waals surface area contributed by atoms with Crippen molar-refractivity contribution in [3.63, 3.8) is 0 Å². The van der Waals surface area contributed by atoms with E-state index in [0.717, 1.165) is 12.8 Å². The molecule has 2 N–H and O–H groups in total. The zero-order chi connectivity index (χ0) is 14.8. The smallest absolute Gasteiger partial charge is 0.239 e. The maximum Gasteiger partial charge on any atom is 0.239 e. The van der Waals surface area contributed by atoms with Crippen LogP contribution in [0, 0.1) is 5.92 Å². The van der Waals surface area contributed by atoms with E-state index in [1.807, 2.05) is 32.0 Å². The number of carbonyl (C=O) groups excluding carboxylic acids is 2. The Labute approximate surface area is 121 Å². The fraction of sp³-hybridized carbons (Fsp3) is 0.500. The van der Waals surface area contributed by atoms with Crippen molar-refractivity contribution in [1.82, 2.24) is 10.6 Å². The quantitative estimate of drug-likeness (QED) is 0.712. The second-order valence-electron chi connectivity index (χ2n) is 5.31. The molecule has 0 radical (unpaired) electrons. The molecule has 1 aromatic rings. The van der Waals surface area contributed by atoms with Gasteiger partial charge in [-0.2, -0.15) is 0 Å². The Hall–Kier alpha value is -1.84. The highest BCUT2D eigenvalue weighted by Crippen LogP contribution is 2.01. The number of hydrogen-bond donors (Lipinski definition) is 2. The van der Waals surface area contributed by atoms with E-state index in [1.54, 1.807) is 0 Å². The Morgan fingerprint density at radius 3 is 2.40 bits per heavy atom. The van der Waals surface area contributed by atoms with Crippen LogP contribution in [0.25, 0.3) is 0 Å². The van der Waals surface area contributed by atoms with E-state index in [1.165, 1.54) is 5.56 Å². The number of benzene rings is 1. The van der Waals surface area contributed by atoms with Crippen molar-refractivity contribution >= 4 is 11.8 Å². The van der Waals surface area contributed by atoms with Gasteiger partial charge in [0.05, 0.1) is 6.54 Å². The van der Waals surface area contributed by atoms with E-state index in [9.17, 15) is 9.59 Å². The number of rotatable bonds is 8. The molecule has 20 heavy (non-hydrogen) atoms. The fourth-order valence-corrected chi connectivity index (χ4v) is 1.85. The molecule has 0 aliphatic carbocycles. The van der Waals surface area contributed by atoms with E-state index in [-0.39, 0.29) is 18.4 Å². The van der Waals surface area contributed by atoms with Gasteiger partial charge in [0.25, 0.3) is 0 Å². The maximum absolute atomic E-state index is 11.5. The van der Waals surface area contributed by atoms with Gasteiger partial charge in [0.1, 0.15) is 0 Å². The topological polar surface area (TPSA) is 58.2 Å². The molecule has 0 aliphatic rings. The van der Waals surface area contributed by atoms with Crippen molar-refractivity contribution in [2.24, 2.45) is 5.92 Å². The van der Waals surface area contributed by atoms with Gasteiger partial charge in [0.15, 0.2) is 0 Å². The lowest BCUT2D eigenvalue weighted by atomic mass is 10.1. The third kappa shape index (κ3) is 7.56.